The Labute approximate surface area is 163 Å². The number of imidazole rings is 1. The maximum Gasteiger partial charge on any atom is 0.175 e. The third-order valence-electron chi connectivity index (χ3n) is 4.99. The highest BCUT2D eigenvalue weighted by Crippen LogP contribution is 2.37. The molecule has 1 aromatic heterocycles. The van der Waals surface area contributed by atoms with E-state index in [-0.39, 0.29) is 4.90 Å². The van der Waals surface area contributed by atoms with Crippen LogP contribution in [0.2, 0.25) is 0 Å². The molecule has 0 spiro atoms. The van der Waals surface area contributed by atoms with E-state index in [2.05, 4.69) is 4.98 Å². The van der Waals surface area contributed by atoms with Gasteiger partial charge in [0.05, 0.1) is 15.9 Å². The SMILES string of the molecule is Cn1c(C(O)(c2ccccc2)c2ccccc2)nc2ccc(S(C)(=O)=O)cc21. The zero-order valence-electron chi connectivity index (χ0n) is 15.6. The van der Waals surface area contributed by atoms with Crippen LogP contribution in [0.1, 0.15) is 17.0 Å². The Morgan fingerprint density at radius 3 is 1.93 bits per heavy atom. The number of rotatable bonds is 4. The van der Waals surface area contributed by atoms with Crippen molar-refractivity contribution in [3.8, 4) is 0 Å². The van der Waals surface area contributed by atoms with Crippen molar-refractivity contribution in [2.75, 3.05) is 6.26 Å². The highest BCUT2D eigenvalue weighted by Gasteiger charge is 2.38. The van der Waals surface area contributed by atoms with Gasteiger partial charge in [-0.1, -0.05) is 60.7 Å². The molecule has 3 aromatic carbocycles. The molecule has 0 amide bonds. The van der Waals surface area contributed by atoms with E-state index in [0.717, 1.165) is 0 Å². The van der Waals surface area contributed by atoms with Gasteiger partial charge in [-0.2, -0.15) is 0 Å². The van der Waals surface area contributed by atoms with Crippen LogP contribution in [0.4, 0.5) is 0 Å². The van der Waals surface area contributed by atoms with Gasteiger partial charge in [0.25, 0.3) is 0 Å². The number of aryl methyl sites for hydroxylation is 1. The Morgan fingerprint density at radius 2 is 1.43 bits per heavy atom. The predicted octanol–water partition coefficient (Wildman–Crippen LogP) is 3.26. The maximum atomic E-state index is 12.0. The molecule has 0 saturated heterocycles. The van der Waals surface area contributed by atoms with Gasteiger partial charge < -0.3 is 9.67 Å². The predicted molar refractivity (Wildman–Crippen MR) is 109 cm³/mol. The summed E-state index contributed by atoms with van der Waals surface area (Å²) < 4.78 is 25.7. The van der Waals surface area contributed by atoms with Gasteiger partial charge in [-0.05, 0) is 29.3 Å². The molecule has 0 radical (unpaired) electrons. The van der Waals surface area contributed by atoms with E-state index in [1.165, 1.54) is 6.26 Å². The lowest BCUT2D eigenvalue weighted by atomic mass is 9.85. The molecule has 4 rings (SSSR count). The van der Waals surface area contributed by atoms with Gasteiger partial charge in [-0.25, -0.2) is 13.4 Å². The van der Waals surface area contributed by atoms with Crippen molar-refractivity contribution in [2.24, 2.45) is 7.05 Å². The van der Waals surface area contributed by atoms with E-state index in [1.807, 2.05) is 60.7 Å². The van der Waals surface area contributed by atoms with Gasteiger partial charge in [-0.3, -0.25) is 0 Å². The standard InChI is InChI=1S/C22H20N2O3S/c1-24-20-15-18(28(2,26)27)13-14-19(20)23-21(24)22(25,16-9-5-3-6-10-16)17-11-7-4-8-12-17/h3-15,25H,1-2H3. The quantitative estimate of drug-likeness (QED) is 0.579. The molecule has 28 heavy (non-hydrogen) atoms. The Kier molecular flexibility index (Phi) is 4.33. The fourth-order valence-corrected chi connectivity index (χ4v) is 4.15. The second-order valence-corrected chi connectivity index (χ2v) is 8.88. The number of benzene rings is 3. The van der Waals surface area contributed by atoms with Crippen LogP contribution in [0.25, 0.3) is 11.0 Å². The summed E-state index contributed by atoms with van der Waals surface area (Å²) in [6.45, 7) is 0. The first-order valence-corrected chi connectivity index (χ1v) is 10.7. The lowest BCUT2D eigenvalue weighted by molar-refractivity contribution is 0.113. The number of fused-ring (bicyclic) bond motifs is 1. The van der Waals surface area contributed by atoms with Crippen LogP contribution in [0.5, 0.6) is 0 Å². The lowest BCUT2D eigenvalue weighted by Crippen LogP contribution is -2.32. The average molecular weight is 392 g/mol. The third kappa shape index (κ3) is 2.91. The smallest absolute Gasteiger partial charge is 0.175 e. The molecule has 0 aliphatic rings. The van der Waals surface area contributed by atoms with E-state index in [1.54, 1.807) is 29.8 Å². The van der Waals surface area contributed by atoms with E-state index in [9.17, 15) is 13.5 Å². The maximum absolute atomic E-state index is 12.0. The van der Waals surface area contributed by atoms with Crippen molar-refractivity contribution in [2.45, 2.75) is 10.5 Å². The molecule has 0 bridgehead atoms. The van der Waals surface area contributed by atoms with Crippen molar-refractivity contribution in [1.29, 1.82) is 0 Å². The molecular formula is C22H20N2O3S. The fourth-order valence-electron chi connectivity index (χ4n) is 3.51. The van der Waals surface area contributed by atoms with Crippen molar-refractivity contribution >= 4 is 20.9 Å². The molecule has 1 heterocycles. The Balaban J connectivity index is 2.03. The molecule has 0 fully saturated rings. The molecular weight excluding hydrogens is 372 g/mol. The molecule has 0 aliphatic heterocycles. The molecule has 0 saturated carbocycles. The van der Waals surface area contributed by atoms with Gasteiger partial charge in [-0.15, -0.1) is 0 Å². The number of hydrogen-bond acceptors (Lipinski definition) is 4. The van der Waals surface area contributed by atoms with Gasteiger partial charge in [0, 0.05) is 13.3 Å². The molecule has 0 unspecified atom stereocenters. The largest absolute Gasteiger partial charge is 0.373 e. The molecule has 142 valence electrons. The minimum absolute atomic E-state index is 0.220. The van der Waals surface area contributed by atoms with Crippen LogP contribution >= 0.6 is 0 Å². The molecule has 4 aromatic rings. The summed E-state index contributed by atoms with van der Waals surface area (Å²) >= 11 is 0. The first-order valence-electron chi connectivity index (χ1n) is 8.82. The van der Waals surface area contributed by atoms with Crippen LogP contribution < -0.4 is 0 Å². The number of nitrogens with zero attached hydrogens (tertiary/aromatic N) is 2. The van der Waals surface area contributed by atoms with Crippen LogP contribution in [0.15, 0.2) is 83.8 Å². The van der Waals surface area contributed by atoms with E-state index in [4.69, 9.17) is 0 Å². The van der Waals surface area contributed by atoms with Gasteiger partial charge in [0.1, 0.15) is 0 Å². The number of sulfone groups is 1. The van der Waals surface area contributed by atoms with Crippen LogP contribution in [-0.4, -0.2) is 29.3 Å². The highest BCUT2D eigenvalue weighted by atomic mass is 32.2. The normalized spacial score (nSPS) is 12.4. The van der Waals surface area contributed by atoms with Crippen LogP contribution in [0.3, 0.4) is 0 Å². The zero-order chi connectivity index (χ0) is 19.9. The number of aromatic nitrogens is 2. The summed E-state index contributed by atoms with van der Waals surface area (Å²) in [5.41, 5.74) is 1.14. The summed E-state index contributed by atoms with van der Waals surface area (Å²) in [6, 6.07) is 23.5. The van der Waals surface area contributed by atoms with E-state index in [0.29, 0.717) is 28.0 Å². The second kappa shape index (κ2) is 6.58. The van der Waals surface area contributed by atoms with Gasteiger partial charge >= 0.3 is 0 Å². The molecule has 0 atom stereocenters. The van der Waals surface area contributed by atoms with Gasteiger partial charge in [0.2, 0.25) is 0 Å². The van der Waals surface area contributed by atoms with Crippen molar-refractivity contribution in [1.82, 2.24) is 9.55 Å². The molecule has 0 aliphatic carbocycles. The Bertz CT molecular complexity index is 1210. The van der Waals surface area contributed by atoms with Crippen LogP contribution in [-0.2, 0) is 22.5 Å². The highest BCUT2D eigenvalue weighted by molar-refractivity contribution is 7.90. The minimum atomic E-state index is -3.35. The summed E-state index contributed by atoms with van der Waals surface area (Å²) in [6.07, 6.45) is 1.18. The first-order chi connectivity index (χ1) is 13.3. The lowest BCUT2D eigenvalue weighted by Gasteiger charge is -2.29. The monoisotopic (exact) mass is 392 g/mol. The van der Waals surface area contributed by atoms with Gasteiger partial charge in [0.15, 0.2) is 21.3 Å². The number of aliphatic hydroxyl groups is 1. The summed E-state index contributed by atoms with van der Waals surface area (Å²) in [4.78, 5) is 4.90. The van der Waals surface area contributed by atoms with Crippen molar-refractivity contribution in [3.05, 3.63) is 95.8 Å². The van der Waals surface area contributed by atoms with E-state index < -0.39 is 15.4 Å². The second-order valence-electron chi connectivity index (χ2n) is 6.86. The van der Waals surface area contributed by atoms with Crippen molar-refractivity contribution in [3.63, 3.8) is 0 Å². The molecule has 5 nitrogen and oxygen atoms in total. The van der Waals surface area contributed by atoms with Crippen molar-refractivity contribution < 1.29 is 13.5 Å². The zero-order valence-corrected chi connectivity index (χ0v) is 16.4. The summed E-state index contributed by atoms with van der Waals surface area (Å²) in [5.74, 6) is 0.422. The van der Waals surface area contributed by atoms with Crippen LogP contribution in [0, 0.1) is 0 Å². The third-order valence-corrected chi connectivity index (χ3v) is 6.10. The first kappa shape index (κ1) is 18.4. The topological polar surface area (TPSA) is 72.2 Å². The average Bonchev–Trinajstić information content (AvgIpc) is 3.04. The Hall–Kier alpha value is -2.96. The molecule has 1 N–H and O–H groups in total. The summed E-state index contributed by atoms with van der Waals surface area (Å²) in [5, 5.41) is 11.9. The van der Waals surface area contributed by atoms with E-state index >= 15 is 0 Å². The minimum Gasteiger partial charge on any atom is -0.373 e. The number of hydrogen-bond donors (Lipinski definition) is 1. The fraction of sp³-hybridized carbons (Fsp3) is 0.136. The Morgan fingerprint density at radius 1 is 0.893 bits per heavy atom. The summed E-state index contributed by atoms with van der Waals surface area (Å²) in [7, 11) is -1.56. The molecule has 6 heteroatoms.